The third-order valence-electron chi connectivity index (χ3n) is 4.96. The van der Waals surface area contributed by atoms with Gasteiger partial charge in [-0.2, -0.15) is 0 Å². The summed E-state index contributed by atoms with van der Waals surface area (Å²) in [6, 6.07) is 14.7. The van der Waals surface area contributed by atoms with E-state index in [-0.39, 0.29) is 23.4 Å². The zero-order valence-corrected chi connectivity index (χ0v) is 18.1. The summed E-state index contributed by atoms with van der Waals surface area (Å²) >= 11 is 0. The van der Waals surface area contributed by atoms with Crippen molar-refractivity contribution in [2.45, 2.75) is 56.5 Å². The van der Waals surface area contributed by atoms with Crippen LogP contribution in [0.5, 0.6) is 5.75 Å². The van der Waals surface area contributed by atoms with E-state index in [2.05, 4.69) is 0 Å². The molecule has 1 aliphatic heterocycles. The zero-order chi connectivity index (χ0) is 21.4. The van der Waals surface area contributed by atoms with Gasteiger partial charge in [0.2, 0.25) is 0 Å². The third-order valence-corrected chi connectivity index (χ3v) is 6.79. The monoisotopic (exact) mass is 434 g/mol. The van der Waals surface area contributed by atoms with Gasteiger partial charge in [0.1, 0.15) is 17.3 Å². The maximum Gasteiger partial charge on any atom is 0.182 e. The molecule has 1 N–H and O–H groups in total. The number of aliphatic hydroxyl groups is 1. The lowest BCUT2D eigenvalue weighted by molar-refractivity contribution is -0.0914. The summed E-state index contributed by atoms with van der Waals surface area (Å²) in [4.78, 5) is 0.177. The minimum Gasteiger partial charge on any atom is -0.488 e. The van der Waals surface area contributed by atoms with Crippen LogP contribution in [0.1, 0.15) is 49.8 Å². The van der Waals surface area contributed by atoms with Crippen molar-refractivity contribution in [3.05, 3.63) is 59.7 Å². The molecule has 2 atom stereocenters. The minimum absolute atomic E-state index is 0.00357. The smallest absolute Gasteiger partial charge is 0.182 e. The number of hydrogen-bond acceptors (Lipinski definition) is 6. The summed E-state index contributed by atoms with van der Waals surface area (Å²) in [5, 5.41) is 9.66. The van der Waals surface area contributed by atoms with E-state index in [0.717, 1.165) is 17.5 Å². The molecule has 1 heterocycles. The van der Waals surface area contributed by atoms with Crippen LogP contribution >= 0.6 is 0 Å². The molecule has 30 heavy (non-hydrogen) atoms. The second-order valence-corrected chi connectivity index (χ2v) is 9.50. The van der Waals surface area contributed by atoms with Crippen molar-refractivity contribution in [3.8, 4) is 5.75 Å². The molecule has 2 aromatic carbocycles. The van der Waals surface area contributed by atoms with Gasteiger partial charge < -0.3 is 19.3 Å². The van der Waals surface area contributed by atoms with Crippen LogP contribution in [0.4, 0.5) is 0 Å². The lowest BCUT2D eigenvalue weighted by Gasteiger charge is -2.17. The van der Waals surface area contributed by atoms with Gasteiger partial charge >= 0.3 is 0 Å². The van der Waals surface area contributed by atoms with Gasteiger partial charge in [0.15, 0.2) is 16.1 Å². The van der Waals surface area contributed by atoms with E-state index < -0.39 is 16.1 Å². The Morgan fingerprint density at radius 2 is 1.90 bits per heavy atom. The van der Waals surface area contributed by atoms with Gasteiger partial charge in [-0.25, -0.2) is 8.42 Å². The highest BCUT2D eigenvalue weighted by molar-refractivity contribution is 7.91. The second kappa shape index (κ2) is 10.9. The molecule has 0 aromatic heterocycles. The average molecular weight is 435 g/mol. The third kappa shape index (κ3) is 6.28. The largest absolute Gasteiger partial charge is 0.488 e. The van der Waals surface area contributed by atoms with Crippen LogP contribution in [-0.4, -0.2) is 38.8 Å². The molecule has 6 nitrogen and oxygen atoms in total. The highest BCUT2D eigenvalue weighted by Crippen LogP contribution is 2.36. The molecule has 0 spiro atoms. The molecular formula is C23H30O6S. The van der Waals surface area contributed by atoms with E-state index in [1.807, 2.05) is 37.3 Å². The highest BCUT2D eigenvalue weighted by atomic mass is 32.2. The predicted molar refractivity (Wildman–Crippen MR) is 114 cm³/mol. The molecule has 0 aliphatic carbocycles. The molecule has 3 rings (SSSR count). The molecule has 0 saturated carbocycles. The van der Waals surface area contributed by atoms with Gasteiger partial charge in [0, 0.05) is 19.6 Å². The van der Waals surface area contributed by atoms with E-state index in [1.54, 1.807) is 18.2 Å². The molecule has 0 radical (unpaired) electrons. The maximum absolute atomic E-state index is 13.0. The van der Waals surface area contributed by atoms with Gasteiger partial charge in [-0.1, -0.05) is 43.3 Å². The van der Waals surface area contributed by atoms with Crippen molar-refractivity contribution >= 4 is 9.84 Å². The first-order valence-corrected chi connectivity index (χ1v) is 12.1. The molecule has 2 unspecified atom stereocenters. The van der Waals surface area contributed by atoms with Crippen LogP contribution in [0.25, 0.3) is 0 Å². The van der Waals surface area contributed by atoms with E-state index in [0.29, 0.717) is 38.2 Å². The standard InChI is InChI=1S/C23H30O6S/c1-2-13-27-14-6-15-30(25,26)22-11-9-19(20-10-12-23(24)29-20)16-21(22)28-17-18-7-4-3-5-8-18/h3-5,7-9,11,16,20,23-24H,2,6,10,12-15,17H2,1H3. The number of hydrogen-bond donors (Lipinski definition) is 1. The molecule has 1 aliphatic rings. The predicted octanol–water partition coefficient (Wildman–Crippen LogP) is 4.03. The molecule has 2 aromatic rings. The van der Waals surface area contributed by atoms with Crippen LogP contribution < -0.4 is 4.74 Å². The molecule has 0 bridgehead atoms. The Hall–Kier alpha value is -1.93. The fourth-order valence-electron chi connectivity index (χ4n) is 3.40. The highest BCUT2D eigenvalue weighted by Gasteiger charge is 2.27. The van der Waals surface area contributed by atoms with E-state index in [9.17, 15) is 13.5 Å². The summed E-state index contributed by atoms with van der Waals surface area (Å²) in [7, 11) is -3.53. The number of rotatable bonds is 11. The Kier molecular flexibility index (Phi) is 8.27. The van der Waals surface area contributed by atoms with Gasteiger partial charge in [0.05, 0.1) is 11.9 Å². The molecule has 1 fully saturated rings. The Morgan fingerprint density at radius 3 is 2.60 bits per heavy atom. The Morgan fingerprint density at radius 1 is 1.10 bits per heavy atom. The Bertz CT molecular complexity index is 897. The SMILES string of the molecule is CCCOCCCS(=O)(=O)c1ccc(C2CCC(O)O2)cc1OCc1ccccc1. The van der Waals surface area contributed by atoms with Gasteiger partial charge in [-0.15, -0.1) is 0 Å². The lowest BCUT2D eigenvalue weighted by atomic mass is 10.1. The Labute approximate surface area is 178 Å². The summed E-state index contributed by atoms with van der Waals surface area (Å²) in [5.74, 6) is 0.312. The number of benzene rings is 2. The minimum atomic E-state index is -3.53. The van der Waals surface area contributed by atoms with Gasteiger partial charge in [0.25, 0.3) is 0 Å². The van der Waals surface area contributed by atoms with Crippen LogP contribution in [0.15, 0.2) is 53.4 Å². The number of aliphatic hydroxyl groups excluding tert-OH is 1. The summed E-state index contributed by atoms with van der Waals surface area (Å²) in [6.45, 7) is 3.33. The molecule has 164 valence electrons. The fourth-order valence-corrected chi connectivity index (χ4v) is 4.82. The first-order chi connectivity index (χ1) is 14.5. The summed E-state index contributed by atoms with van der Waals surface area (Å²) < 4.78 is 42.8. The average Bonchev–Trinajstić information content (AvgIpc) is 3.19. The molecular weight excluding hydrogens is 404 g/mol. The van der Waals surface area contributed by atoms with Crippen molar-refractivity contribution < 1.29 is 27.7 Å². The van der Waals surface area contributed by atoms with Crippen LogP contribution in [0, 0.1) is 0 Å². The first kappa shape index (κ1) is 22.7. The fraction of sp³-hybridized carbons (Fsp3) is 0.478. The van der Waals surface area contributed by atoms with Crippen LogP contribution in [-0.2, 0) is 25.9 Å². The quantitative estimate of drug-likeness (QED) is 0.538. The first-order valence-electron chi connectivity index (χ1n) is 10.4. The summed E-state index contributed by atoms with van der Waals surface area (Å²) in [5.41, 5.74) is 1.76. The van der Waals surface area contributed by atoms with E-state index in [1.165, 1.54) is 0 Å². The normalized spacial score (nSPS) is 19.1. The Balaban J connectivity index is 1.79. The molecule has 7 heteroatoms. The maximum atomic E-state index is 13.0. The topological polar surface area (TPSA) is 82.1 Å². The van der Waals surface area contributed by atoms with Gasteiger partial charge in [-0.3, -0.25) is 0 Å². The second-order valence-electron chi connectivity index (χ2n) is 7.42. The molecule has 1 saturated heterocycles. The number of ether oxygens (including phenoxy) is 3. The molecule has 0 amide bonds. The van der Waals surface area contributed by atoms with Crippen LogP contribution in [0.2, 0.25) is 0 Å². The van der Waals surface area contributed by atoms with Crippen molar-refractivity contribution in [2.75, 3.05) is 19.0 Å². The lowest BCUT2D eigenvalue weighted by Crippen LogP contribution is -2.12. The van der Waals surface area contributed by atoms with Crippen LogP contribution in [0.3, 0.4) is 0 Å². The number of sulfone groups is 1. The van der Waals surface area contributed by atoms with Crippen molar-refractivity contribution in [1.29, 1.82) is 0 Å². The van der Waals surface area contributed by atoms with E-state index in [4.69, 9.17) is 14.2 Å². The van der Waals surface area contributed by atoms with Crippen molar-refractivity contribution in [1.82, 2.24) is 0 Å². The van der Waals surface area contributed by atoms with Gasteiger partial charge in [-0.05, 0) is 42.5 Å². The zero-order valence-electron chi connectivity index (χ0n) is 17.3. The van der Waals surface area contributed by atoms with Crippen molar-refractivity contribution in [3.63, 3.8) is 0 Å². The summed E-state index contributed by atoms with van der Waals surface area (Å²) in [6.07, 6.45) is 1.53. The van der Waals surface area contributed by atoms with Crippen molar-refractivity contribution in [2.24, 2.45) is 0 Å². The van der Waals surface area contributed by atoms with E-state index >= 15 is 0 Å².